The predicted molar refractivity (Wildman–Crippen MR) is 40.7 cm³/mol. The molecule has 0 N–H and O–H groups in total. The Bertz CT molecular complexity index is 136. The summed E-state index contributed by atoms with van der Waals surface area (Å²) >= 11 is 0. The molecule has 0 aliphatic heterocycles. The Labute approximate surface area is 61.9 Å². The van der Waals surface area contributed by atoms with Gasteiger partial charge in [0.05, 0.1) is 13.0 Å². The average Bonchev–Trinajstić information content (AvgIpc) is 1.88. The van der Waals surface area contributed by atoms with E-state index in [0.717, 1.165) is 5.57 Å². The van der Waals surface area contributed by atoms with Gasteiger partial charge in [-0.3, -0.25) is 4.79 Å². The maximum atomic E-state index is 10.7. The zero-order valence-electron chi connectivity index (χ0n) is 6.81. The van der Waals surface area contributed by atoms with Crippen molar-refractivity contribution < 1.29 is 9.53 Å². The molecule has 0 aromatic rings. The third kappa shape index (κ3) is 4.13. The van der Waals surface area contributed by atoms with Gasteiger partial charge >= 0.3 is 5.97 Å². The summed E-state index contributed by atoms with van der Waals surface area (Å²) in [6.45, 7) is 6.10. The first-order chi connectivity index (χ1) is 4.70. The molecule has 0 amide bonds. The highest BCUT2D eigenvalue weighted by atomic mass is 16.5. The van der Waals surface area contributed by atoms with E-state index >= 15 is 0 Å². The third-order valence-electron chi connectivity index (χ3n) is 1.22. The second-order valence-electron chi connectivity index (χ2n) is 2.12. The molecule has 0 aliphatic carbocycles. The van der Waals surface area contributed by atoms with Gasteiger partial charge in [-0.05, 0) is 20.8 Å². The Morgan fingerprint density at radius 1 is 1.60 bits per heavy atom. The van der Waals surface area contributed by atoms with Crippen molar-refractivity contribution in [1.29, 1.82) is 0 Å². The minimum Gasteiger partial charge on any atom is -0.466 e. The number of hydrogen-bond acceptors (Lipinski definition) is 2. The van der Waals surface area contributed by atoms with Crippen LogP contribution in [-0.4, -0.2) is 12.6 Å². The fourth-order valence-electron chi connectivity index (χ4n) is 0.542. The van der Waals surface area contributed by atoms with Crippen LogP contribution in [0.1, 0.15) is 27.2 Å². The van der Waals surface area contributed by atoms with Crippen LogP contribution >= 0.6 is 0 Å². The quantitative estimate of drug-likeness (QED) is 0.444. The van der Waals surface area contributed by atoms with E-state index in [1.54, 1.807) is 0 Å². The molecule has 2 heteroatoms. The number of hydrogen-bond donors (Lipinski definition) is 0. The Hall–Kier alpha value is -0.790. The Morgan fingerprint density at radius 2 is 2.20 bits per heavy atom. The van der Waals surface area contributed by atoms with Crippen LogP contribution in [0.2, 0.25) is 0 Å². The zero-order valence-corrected chi connectivity index (χ0v) is 6.81. The van der Waals surface area contributed by atoms with Gasteiger partial charge in [-0.2, -0.15) is 0 Å². The summed E-state index contributed by atoms with van der Waals surface area (Å²) < 4.78 is 4.73. The fourth-order valence-corrected chi connectivity index (χ4v) is 0.542. The molecule has 0 bridgehead atoms. The summed E-state index contributed by atoms with van der Waals surface area (Å²) in [5.74, 6) is -0.141. The van der Waals surface area contributed by atoms with E-state index in [0.29, 0.717) is 13.0 Å². The molecule has 0 aliphatic rings. The number of rotatable bonds is 3. The van der Waals surface area contributed by atoms with Gasteiger partial charge in [0, 0.05) is 0 Å². The molecule has 0 radical (unpaired) electrons. The first-order valence-corrected chi connectivity index (χ1v) is 3.48. The van der Waals surface area contributed by atoms with Gasteiger partial charge in [-0.15, -0.1) is 0 Å². The summed E-state index contributed by atoms with van der Waals surface area (Å²) in [7, 11) is 0. The molecule has 0 heterocycles. The second kappa shape index (κ2) is 5.03. The van der Waals surface area contributed by atoms with Gasteiger partial charge in [-0.1, -0.05) is 11.6 Å². The molecule has 58 valence electrons. The minimum absolute atomic E-state index is 0.141. The summed E-state index contributed by atoms with van der Waals surface area (Å²) in [6, 6.07) is 0. The maximum Gasteiger partial charge on any atom is 0.309 e. The first-order valence-electron chi connectivity index (χ1n) is 3.48. The van der Waals surface area contributed by atoms with Crippen LogP contribution in [0.4, 0.5) is 0 Å². The molecule has 0 atom stereocenters. The lowest BCUT2D eigenvalue weighted by atomic mass is 10.2. The van der Waals surface area contributed by atoms with Crippen LogP contribution < -0.4 is 0 Å². The zero-order chi connectivity index (χ0) is 7.98. The van der Waals surface area contributed by atoms with Gasteiger partial charge in [0.1, 0.15) is 0 Å². The summed E-state index contributed by atoms with van der Waals surface area (Å²) in [4.78, 5) is 10.7. The highest BCUT2D eigenvalue weighted by Crippen LogP contribution is 1.99. The SMILES string of the molecule is CC=C(C)CC(=O)OCC. The Kier molecular flexibility index (Phi) is 4.63. The molecule has 10 heavy (non-hydrogen) atoms. The number of carbonyl (C=O) groups is 1. The number of allylic oxidation sites excluding steroid dienone is 1. The smallest absolute Gasteiger partial charge is 0.309 e. The van der Waals surface area contributed by atoms with Crippen molar-refractivity contribution in [2.75, 3.05) is 6.61 Å². The molecular formula is C8H14O2. The standard InChI is InChI=1S/C8H14O2/c1-4-7(3)6-8(9)10-5-2/h4H,5-6H2,1-3H3. The molecular weight excluding hydrogens is 128 g/mol. The van der Waals surface area contributed by atoms with E-state index in [1.165, 1.54) is 0 Å². The van der Waals surface area contributed by atoms with Crippen LogP contribution in [0.25, 0.3) is 0 Å². The van der Waals surface area contributed by atoms with Crippen LogP contribution in [-0.2, 0) is 9.53 Å². The topological polar surface area (TPSA) is 26.3 Å². The predicted octanol–water partition coefficient (Wildman–Crippen LogP) is 1.91. The Balaban J connectivity index is 3.58. The monoisotopic (exact) mass is 142 g/mol. The van der Waals surface area contributed by atoms with Crippen LogP contribution in [0.5, 0.6) is 0 Å². The number of ether oxygens (including phenoxy) is 1. The molecule has 0 unspecified atom stereocenters. The lowest BCUT2D eigenvalue weighted by Crippen LogP contribution is -2.03. The molecule has 0 aromatic carbocycles. The van der Waals surface area contributed by atoms with E-state index < -0.39 is 0 Å². The van der Waals surface area contributed by atoms with Crippen LogP contribution in [0.3, 0.4) is 0 Å². The van der Waals surface area contributed by atoms with Crippen molar-refractivity contribution >= 4 is 5.97 Å². The van der Waals surface area contributed by atoms with Crippen LogP contribution in [0.15, 0.2) is 11.6 Å². The normalized spacial score (nSPS) is 11.3. The van der Waals surface area contributed by atoms with E-state index in [1.807, 2.05) is 26.8 Å². The third-order valence-corrected chi connectivity index (χ3v) is 1.22. The molecule has 2 nitrogen and oxygen atoms in total. The van der Waals surface area contributed by atoms with Crippen molar-refractivity contribution in [3.05, 3.63) is 11.6 Å². The summed E-state index contributed by atoms with van der Waals surface area (Å²) in [5, 5.41) is 0. The van der Waals surface area contributed by atoms with Crippen molar-refractivity contribution in [3.63, 3.8) is 0 Å². The number of carbonyl (C=O) groups excluding carboxylic acids is 1. The highest BCUT2D eigenvalue weighted by Gasteiger charge is 2.00. The van der Waals surface area contributed by atoms with E-state index in [-0.39, 0.29) is 5.97 Å². The van der Waals surface area contributed by atoms with Gasteiger partial charge in [0.25, 0.3) is 0 Å². The average molecular weight is 142 g/mol. The Morgan fingerprint density at radius 3 is 2.60 bits per heavy atom. The molecule has 0 spiro atoms. The maximum absolute atomic E-state index is 10.7. The summed E-state index contributed by atoms with van der Waals surface area (Å²) in [5.41, 5.74) is 1.05. The van der Waals surface area contributed by atoms with E-state index in [4.69, 9.17) is 4.74 Å². The molecule has 0 fully saturated rings. The largest absolute Gasteiger partial charge is 0.466 e. The minimum atomic E-state index is -0.141. The van der Waals surface area contributed by atoms with Crippen molar-refractivity contribution in [1.82, 2.24) is 0 Å². The first kappa shape index (κ1) is 9.21. The van der Waals surface area contributed by atoms with Crippen molar-refractivity contribution in [2.24, 2.45) is 0 Å². The van der Waals surface area contributed by atoms with Gasteiger partial charge in [-0.25, -0.2) is 0 Å². The van der Waals surface area contributed by atoms with Crippen molar-refractivity contribution in [3.8, 4) is 0 Å². The lowest BCUT2D eigenvalue weighted by molar-refractivity contribution is -0.142. The fraction of sp³-hybridized carbons (Fsp3) is 0.625. The molecule has 0 aromatic heterocycles. The number of esters is 1. The van der Waals surface area contributed by atoms with E-state index in [9.17, 15) is 4.79 Å². The highest BCUT2D eigenvalue weighted by molar-refractivity contribution is 5.72. The second-order valence-corrected chi connectivity index (χ2v) is 2.12. The van der Waals surface area contributed by atoms with Gasteiger partial charge in [0.15, 0.2) is 0 Å². The van der Waals surface area contributed by atoms with Crippen LogP contribution in [0, 0.1) is 0 Å². The van der Waals surface area contributed by atoms with Gasteiger partial charge < -0.3 is 4.74 Å². The molecule has 0 saturated carbocycles. The van der Waals surface area contributed by atoms with Crippen molar-refractivity contribution in [2.45, 2.75) is 27.2 Å². The van der Waals surface area contributed by atoms with Gasteiger partial charge in [0.2, 0.25) is 0 Å². The molecule has 0 saturated heterocycles. The summed E-state index contributed by atoms with van der Waals surface area (Å²) in [6.07, 6.45) is 2.33. The molecule has 0 rings (SSSR count). The van der Waals surface area contributed by atoms with E-state index in [2.05, 4.69) is 0 Å². The lowest BCUT2D eigenvalue weighted by Gasteiger charge is -1.99.